The highest BCUT2D eigenvalue weighted by atomic mass is 79.9. The monoisotopic (exact) mass is 540 g/mol. The number of ketones is 1. The first-order valence-corrected chi connectivity index (χ1v) is 13.3. The molecule has 6 rings (SSSR count). The van der Waals surface area contributed by atoms with Gasteiger partial charge in [0.15, 0.2) is 23.1 Å². The lowest BCUT2D eigenvalue weighted by Gasteiger charge is -2.36. The van der Waals surface area contributed by atoms with Gasteiger partial charge in [-0.05, 0) is 80.5 Å². The van der Waals surface area contributed by atoms with Crippen LogP contribution >= 0.6 is 15.9 Å². The van der Waals surface area contributed by atoms with Gasteiger partial charge in [0, 0.05) is 30.3 Å². The van der Waals surface area contributed by atoms with E-state index < -0.39 is 5.41 Å². The fourth-order valence-corrected chi connectivity index (χ4v) is 6.17. The number of nitrogens with zero attached hydrogens (tertiary/aromatic N) is 6. The summed E-state index contributed by atoms with van der Waals surface area (Å²) in [7, 11) is 2.13. The summed E-state index contributed by atoms with van der Waals surface area (Å²) in [6.07, 6.45) is 10.1. The van der Waals surface area contributed by atoms with E-state index >= 15 is 0 Å². The number of likely N-dealkylation sites (tertiary alicyclic amines) is 1. The molecule has 0 bridgehead atoms. The van der Waals surface area contributed by atoms with E-state index in [9.17, 15) is 4.79 Å². The summed E-state index contributed by atoms with van der Waals surface area (Å²) >= 11 is 3.41. The summed E-state index contributed by atoms with van der Waals surface area (Å²) in [5, 5.41) is 8.88. The number of likely N-dealkylation sites (N-methyl/N-ethyl adjacent to an activating group) is 1. The Morgan fingerprint density at radius 3 is 2.86 bits per heavy atom. The Morgan fingerprint density at radius 2 is 2.09 bits per heavy atom. The first-order chi connectivity index (χ1) is 17.0. The van der Waals surface area contributed by atoms with Crippen LogP contribution in [0.1, 0.15) is 62.7 Å². The number of carbonyl (C=O) groups excluding carboxylic acids is 1. The minimum absolute atomic E-state index is 0.285. The third-order valence-corrected chi connectivity index (χ3v) is 8.25. The first-order valence-electron chi connectivity index (χ1n) is 12.5. The normalized spacial score (nSPS) is 24.7. The van der Waals surface area contributed by atoms with Crippen LogP contribution in [0.4, 0.5) is 0 Å². The minimum Gasteiger partial charge on any atom is -0.476 e. The molecule has 3 aromatic heterocycles. The third kappa shape index (κ3) is 4.10. The molecule has 35 heavy (non-hydrogen) atoms. The van der Waals surface area contributed by atoms with Crippen LogP contribution < -0.4 is 4.74 Å². The number of carbonyl (C=O) groups is 1. The molecule has 10 heteroatoms. The van der Waals surface area contributed by atoms with Crippen LogP contribution in [-0.2, 0) is 16.6 Å². The van der Waals surface area contributed by atoms with Gasteiger partial charge in [-0.2, -0.15) is 10.1 Å². The van der Waals surface area contributed by atoms with Crippen molar-refractivity contribution in [2.45, 2.75) is 69.2 Å². The van der Waals surface area contributed by atoms with E-state index in [1.54, 1.807) is 10.7 Å². The Kier molecular flexibility index (Phi) is 5.96. The molecule has 1 spiro atoms. The zero-order valence-corrected chi connectivity index (χ0v) is 21.5. The summed E-state index contributed by atoms with van der Waals surface area (Å²) in [5.74, 6) is 2.52. The molecule has 3 aromatic rings. The van der Waals surface area contributed by atoms with Gasteiger partial charge in [-0.3, -0.25) is 4.79 Å². The SMILES string of the molecule is CN1CCC[C@H]1COc1cc(-n2ccc(Br)n2)nc(-c2noc3c2CCC[C@@]32CCCCC2=O)n1. The second-order valence-corrected chi connectivity index (χ2v) is 10.8. The van der Waals surface area contributed by atoms with Crippen molar-refractivity contribution in [3.8, 4) is 23.2 Å². The molecule has 4 heterocycles. The Bertz CT molecular complexity index is 1260. The van der Waals surface area contributed by atoms with E-state index in [4.69, 9.17) is 19.2 Å². The summed E-state index contributed by atoms with van der Waals surface area (Å²) in [4.78, 5) is 24.9. The number of Topliss-reactive ketones (excluding diaryl/α,β-unsaturated/α-hetero) is 1. The van der Waals surface area contributed by atoms with Crippen molar-refractivity contribution in [3.63, 3.8) is 0 Å². The van der Waals surface area contributed by atoms with E-state index in [1.165, 1.54) is 6.42 Å². The first kappa shape index (κ1) is 22.8. The fourth-order valence-electron chi connectivity index (χ4n) is 5.88. The van der Waals surface area contributed by atoms with Crippen LogP contribution in [0.3, 0.4) is 0 Å². The van der Waals surface area contributed by atoms with Crippen molar-refractivity contribution in [1.82, 2.24) is 29.8 Å². The Hall–Kier alpha value is -2.59. The van der Waals surface area contributed by atoms with Crippen molar-refractivity contribution in [3.05, 3.63) is 34.3 Å². The maximum absolute atomic E-state index is 13.1. The molecule has 0 radical (unpaired) electrons. The van der Waals surface area contributed by atoms with Gasteiger partial charge in [0.2, 0.25) is 5.88 Å². The zero-order valence-electron chi connectivity index (χ0n) is 19.9. The van der Waals surface area contributed by atoms with Gasteiger partial charge in [-0.25, -0.2) is 9.67 Å². The van der Waals surface area contributed by atoms with E-state index in [0.29, 0.717) is 46.9 Å². The zero-order chi connectivity index (χ0) is 24.0. The number of hydrogen-bond donors (Lipinski definition) is 0. The highest BCUT2D eigenvalue weighted by Gasteiger charge is 2.48. The number of hydrogen-bond acceptors (Lipinski definition) is 8. The van der Waals surface area contributed by atoms with Crippen LogP contribution in [0.25, 0.3) is 17.3 Å². The van der Waals surface area contributed by atoms with Crippen molar-refractivity contribution in [2.75, 3.05) is 20.2 Å². The summed E-state index contributed by atoms with van der Waals surface area (Å²) < 4.78 is 14.5. The molecule has 0 unspecified atom stereocenters. The molecule has 2 aliphatic carbocycles. The maximum atomic E-state index is 13.1. The Balaban J connectivity index is 1.39. The van der Waals surface area contributed by atoms with Gasteiger partial charge in [0.25, 0.3) is 0 Å². The van der Waals surface area contributed by atoms with Gasteiger partial charge < -0.3 is 14.2 Å². The molecule has 1 saturated carbocycles. The summed E-state index contributed by atoms with van der Waals surface area (Å²) in [6.45, 7) is 1.64. The van der Waals surface area contributed by atoms with Crippen molar-refractivity contribution in [1.29, 1.82) is 0 Å². The number of rotatable bonds is 5. The van der Waals surface area contributed by atoms with Gasteiger partial charge in [0.05, 0.1) is 5.41 Å². The van der Waals surface area contributed by atoms with E-state index in [1.807, 2.05) is 12.3 Å². The standard InChI is InChI=1S/C25H29BrN6O3/c1-31-12-5-6-16(31)15-34-21-14-20(32-13-9-19(26)29-32)27-24(28-21)22-17-7-4-11-25(23(17)35-30-22)10-3-2-8-18(25)33/h9,13-14,16H,2-8,10-12,15H2,1H3/t16-,25+/m0/s1. The molecular weight excluding hydrogens is 512 g/mol. The average molecular weight is 541 g/mol. The van der Waals surface area contributed by atoms with Gasteiger partial charge in [-0.15, -0.1) is 0 Å². The smallest absolute Gasteiger partial charge is 0.219 e. The molecule has 1 aliphatic heterocycles. The van der Waals surface area contributed by atoms with Crippen LogP contribution in [-0.4, -0.2) is 61.8 Å². The predicted octanol–water partition coefficient (Wildman–Crippen LogP) is 4.27. The second kappa shape index (κ2) is 9.13. The van der Waals surface area contributed by atoms with Crippen molar-refractivity contribution < 1.29 is 14.1 Å². The molecule has 0 aromatic carbocycles. The number of halogens is 1. The molecule has 0 N–H and O–H groups in total. The van der Waals surface area contributed by atoms with Crippen molar-refractivity contribution >= 4 is 21.7 Å². The molecule has 0 amide bonds. The second-order valence-electron chi connectivity index (χ2n) is 9.96. The minimum atomic E-state index is -0.534. The lowest BCUT2D eigenvalue weighted by atomic mass is 9.64. The van der Waals surface area contributed by atoms with Gasteiger partial charge in [0.1, 0.15) is 17.0 Å². The quantitative estimate of drug-likeness (QED) is 0.473. The van der Waals surface area contributed by atoms with Crippen LogP contribution in [0, 0.1) is 0 Å². The molecule has 2 fully saturated rings. The van der Waals surface area contributed by atoms with Gasteiger partial charge in [-0.1, -0.05) is 11.6 Å². The predicted molar refractivity (Wildman–Crippen MR) is 132 cm³/mol. The molecule has 3 aliphatic rings. The molecular formula is C25H29BrN6O3. The van der Waals surface area contributed by atoms with Crippen molar-refractivity contribution in [2.24, 2.45) is 0 Å². The Morgan fingerprint density at radius 1 is 1.20 bits per heavy atom. The molecule has 1 saturated heterocycles. The number of fused-ring (bicyclic) bond motifs is 2. The largest absolute Gasteiger partial charge is 0.476 e. The van der Waals surface area contributed by atoms with E-state index in [-0.39, 0.29) is 5.78 Å². The van der Waals surface area contributed by atoms with E-state index in [0.717, 1.165) is 62.8 Å². The lowest BCUT2D eigenvalue weighted by Crippen LogP contribution is -2.41. The summed E-state index contributed by atoms with van der Waals surface area (Å²) in [6, 6.07) is 4.02. The molecule has 9 nitrogen and oxygen atoms in total. The fraction of sp³-hybridized carbons (Fsp3) is 0.560. The van der Waals surface area contributed by atoms with Gasteiger partial charge >= 0.3 is 0 Å². The maximum Gasteiger partial charge on any atom is 0.219 e. The lowest BCUT2D eigenvalue weighted by molar-refractivity contribution is -0.128. The number of ether oxygens (including phenoxy) is 1. The molecule has 184 valence electrons. The number of aromatic nitrogens is 5. The van der Waals surface area contributed by atoms with Crippen LogP contribution in [0.15, 0.2) is 27.5 Å². The van der Waals surface area contributed by atoms with Crippen LogP contribution in [0.2, 0.25) is 0 Å². The summed E-state index contributed by atoms with van der Waals surface area (Å²) in [5.41, 5.74) is 1.04. The topological polar surface area (TPSA) is 99.2 Å². The highest BCUT2D eigenvalue weighted by Crippen LogP contribution is 2.47. The Labute approximate surface area is 212 Å². The van der Waals surface area contributed by atoms with Crippen LogP contribution in [0.5, 0.6) is 5.88 Å². The highest BCUT2D eigenvalue weighted by molar-refractivity contribution is 9.10. The third-order valence-electron chi connectivity index (χ3n) is 7.83. The van der Waals surface area contributed by atoms with E-state index in [2.05, 4.69) is 38.1 Å². The average Bonchev–Trinajstić information content (AvgIpc) is 3.60. The molecule has 2 atom stereocenters.